The summed E-state index contributed by atoms with van der Waals surface area (Å²) in [6.45, 7) is 4.02. The summed E-state index contributed by atoms with van der Waals surface area (Å²) in [6, 6.07) is 28.7. The highest BCUT2D eigenvalue weighted by Crippen LogP contribution is 2.31. The molecule has 0 spiro atoms. The molecule has 10 N–H and O–H groups in total. The predicted molar refractivity (Wildman–Crippen MR) is 256 cm³/mol. The molecule has 6 aromatic carbocycles. The molecule has 0 bridgehead atoms. The SMILES string of the molecule is COc1ccc([N+](=O)[O-])cc1Br.Cc1ccc(Br)cc1N.Cc1ccc(N)cc1Br.Nc1cc(Br)ccc1F.Nc1cc(Br)ccc1OC(F)(F)F.Nc1ccc(F)c(Br)c1. The van der Waals surface area contributed by atoms with Crippen molar-refractivity contribution >= 4 is 130 Å². The molecule has 21 heteroatoms. The highest BCUT2D eigenvalue weighted by Gasteiger charge is 2.31. The Morgan fingerprint density at radius 1 is 0.541 bits per heavy atom. The molecule has 0 heterocycles. The van der Waals surface area contributed by atoms with Gasteiger partial charge in [-0.15, -0.1) is 13.2 Å². The molecule has 0 amide bonds. The molecule has 61 heavy (non-hydrogen) atoms. The lowest BCUT2D eigenvalue weighted by atomic mass is 10.2. The number of hydrogen-bond acceptors (Lipinski definition) is 9. The van der Waals surface area contributed by atoms with E-state index in [4.69, 9.17) is 33.4 Å². The van der Waals surface area contributed by atoms with Gasteiger partial charge < -0.3 is 38.1 Å². The Morgan fingerprint density at radius 3 is 1.39 bits per heavy atom. The molecule has 0 fully saturated rings. The monoisotopic (exact) mass is 1230 g/mol. The average Bonchev–Trinajstić information content (AvgIpc) is 3.17. The van der Waals surface area contributed by atoms with Gasteiger partial charge in [0.15, 0.2) is 5.75 Å². The average molecular weight is 1240 g/mol. The molecule has 0 atom stereocenters. The van der Waals surface area contributed by atoms with Crippen molar-refractivity contribution in [2.24, 2.45) is 0 Å². The summed E-state index contributed by atoms with van der Waals surface area (Å²) >= 11 is 19.0. The van der Waals surface area contributed by atoms with E-state index < -0.39 is 17.0 Å². The second-order valence-electron chi connectivity index (χ2n) is 11.7. The highest BCUT2D eigenvalue weighted by molar-refractivity contribution is 9.11. The third-order valence-electron chi connectivity index (χ3n) is 6.88. The number of nitro groups is 1. The number of nitrogens with zero attached hydrogens (tertiary/aromatic N) is 1. The lowest BCUT2D eigenvalue weighted by Gasteiger charge is -2.10. The van der Waals surface area contributed by atoms with E-state index in [0.29, 0.717) is 24.9 Å². The fourth-order valence-electron chi connectivity index (χ4n) is 3.75. The van der Waals surface area contributed by atoms with Gasteiger partial charge in [0.2, 0.25) is 0 Å². The van der Waals surface area contributed by atoms with Crippen molar-refractivity contribution in [1.82, 2.24) is 0 Å². The number of anilines is 5. The molecule has 0 aliphatic carbocycles. The highest BCUT2D eigenvalue weighted by atomic mass is 79.9. The minimum atomic E-state index is -4.71. The topological polar surface area (TPSA) is 192 Å². The number of benzene rings is 6. The van der Waals surface area contributed by atoms with Gasteiger partial charge in [-0.25, -0.2) is 8.78 Å². The van der Waals surface area contributed by atoms with Crippen LogP contribution in [-0.2, 0) is 0 Å². The summed E-state index contributed by atoms with van der Waals surface area (Å²) < 4.78 is 73.0. The van der Waals surface area contributed by atoms with Crippen LogP contribution in [0.4, 0.5) is 56.1 Å². The fourth-order valence-corrected chi connectivity index (χ4v) is 6.21. The zero-order valence-electron chi connectivity index (χ0n) is 32.0. The molecule has 0 aliphatic heterocycles. The summed E-state index contributed by atoms with van der Waals surface area (Å²) in [5.74, 6) is -0.473. The van der Waals surface area contributed by atoms with Crippen LogP contribution in [0, 0.1) is 35.6 Å². The van der Waals surface area contributed by atoms with Crippen LogP contribution in [0.25, 0.3) is 0 Å². The number of rotatable bonds is 3. The summed E-state index contributed by atoms with van der Waals surface area (Å²) in [5, 5.41) is 10.3. The number of methoxy groups -OCH3 is 1. The molecular formula is C40H37Br6F5N6O4. The molecular weight excluding hydrogens is 1200 g/mol. The molecule has 0 radical (unpaired) electrons. The zero-order valence-corrected chi connectivity index (χ0v) is 41.5. The van der Waals surface area contributed by atoms with Crippen LogP contribution in [0.1, 0.15) is 11.1 Å². The van der Waals surface area contributed by atoms with Crippen LogP contribution in [0.5, 0.6) is 11.5 Å². The van der Waals surface area contributed by atoms with E-state index in [-0.39, 0.29) is 28.7 Å². The van der Waals surface area contributed by atoms with Crippen molar-refractivity contribution < 1.29 is 36.3 Å². The first-order valence-corrected chi connectivity index (χ1v) is 21.3. The normalized spacial score (nSPS) is 9.93. The smallest absolute Gasteiger partial charge is 0.496 e. The third-order valence-corrected chi connectivity index (χ3v) is 10.4. The van der Waals surface area contributed by atoms with Gasteiger partial charge in [-0.05, 0) is 142 Å². The Hall–Kier alpha value is -4.15. The summed E-state index contributed by atoms with van der Waals surface area (Å²) in [4.78, 5) is 9.84. The summed E-state index contributed by atoms with van der Waals surface area (Å²) in [6.07, 6.45) is -4.71. The minimum absolute atomic E-state index is 0.0441. The van der Waals surface area contributed by atoms with Crippen molar-refractivity contribution in [3.05, 3.63) is 169 Å². The van der Waals surface area contributed by atoms with Crippen molar-refractivity contribution in [3.8, 4) is 11.5 Å². The molecule has 0 saturated carbocycles. The van der Waals surface area contributed by atoms with Gasteiger partial charge in [0.05, 0.1) is 32.4 Å². The Labute approximate surface area is 399 Å². The Bertz CT molecular complexity index is 2170. The van der Waals surface area contributed by atoms with E-state index in [0.717, 1.165) is 36.4 Å². The van der Waals surface area contributed by atoms with Gasteiger partial charge >= 0.3 is 6.36 Å². The van der Waals surface area contributed by atoms with E-state index in [1.807, 2.05) is 50.2 Å². The van der Waals surface area contributed by atoms with Gasteiger partial charge in [0.1, 0.15) is 17.4 Å². The van der Waals surface area contributed by atoms with Gasteiger partial charge in [0, 0.05) is 47.1 Å². The van der Waals surface area contributed by atoms with Crippen LogP contribution < -0.4 is 38.1 Å². The number of aryl methyl sites for hydroxylation is 2. The molecule has 6 aromatic rings. The van der Waals surface area contributed by atoms with E-state index >= 15 is 0 Å². The second kappa shape index (κ2) is 27.0. The molecule has 10 nitrogen and oxygen atoms in total. The number of nitrogens with two attached hydrogens (primary N) is 5. The Kier molecular flexibility index (Phi) is 24.3. The quantitative estimate of drug-likeness (QED) is 0.0496. The molecule has 328 valence electrons. The standard InChI is InChI=1S/C7H5BrF3NO.C7H6BrNO3.2C7H8BrN.2C6H5BrFN/c8-4-1-2-6(5(12)3-4)13-7(9,10)11;1-12-7-3-2-5(9(10)11)4-6(7)8;1-5-2-3-6(9)4-7(5)8;1-5-2-3-6(8)4-7(5)9;7-5-3-4(9)1-2-6(5)8;7-4-1-2-5(8)6(9)3-4/h1-3H,12H2;2-4H,1H3;2*2-4H,9H2,1H3;2*1-3H,9H2. The number of nitrogen functional groups attached to an aromatic ring is 5. The molecule has 0 unspecified atom stereocenters. The van der Waals surface area contributed by atoms with Crippen LogP contribution in [-0.4, -0.2) is 18.4 Å². The van der Waals surface area contributed by atoms with Crippen molar-refractivity contribution in [1.29, 1.82) is 0 Å². The van der Waals surface area contributed by atoms with Crippen LogP contribution in [0.2, 0.25) is 0 Å². The molecule has 0 saturated heterocycles. The number of halogens is 11. The van der Waals surface area contributed by atoms with E-state index in [9.17, 15) is 32.1 Å². The van der Waals surface area contributed by atoms with E-state index in [1.165, 1.54) is 67.3 Å². The first-order valence-electron chi connectivity index (χ1n) is 16.6. The first kappa shape index (κ1) is 54.9. The maximum absolute atomic E-state index is 12.4. The lowest BCUT2D eigenvalue weighted by molar-refractivity contribution is -0.385. The summed E-state index contributed by atoms with van der Waals surface area (Å²) in [5.41, 5.74) is 31.6. The first-order chi connectivity index (χ1) is 28.3. The number of hydrogen-bond donors (Lipinski definition) is 5. The molecule has 0 aliphatic rings. The number of ether oxygens (including phenoxy) is 2. The van der Waals surface area contributed by atoms with E-state index in [2.05, 4.69) is 100 Å². The predicted octanol–water partition coefficient (Wildman–Crippen LogP) is 14.3. The second-order valence-corrected chi connectivity index (χ2v) is 17.0. The number of non-ortho nitro benzene ring substituents is 1. The maximum Gasteiger partial charge on any atom is 0.573 e. The number of alkyl halides is 3. The van der Waals surface area contributed by atoms with Crippen LogP contribution >= 0.6 is 95.6 Å². The van der Waals surface area contributed by atoms with Crippen molar-refractivity contribution in [3.63, 3.8) is 0 Å². The zero-order chi connectivity index (χ0) is 46.6. The number of nitro benzene ring substituents is 1. The maximum atomic E-state index is 12.4. The Balaban J connectivity index is 0.000000368. The van der Waals surface area contributed by atoms with Crippen LogP contribution in [0.3, 0.4) is 0 Å². The van der Waals surface area contributed by atoms with Gasteiger partial charge in [-0.1, -0.05) is 75.9 Å². The minimum Gasteiger partial charge on any atom is -0.496 e. The lowest BCUT2D eigenvalue weighted by Crippen LogP contribution is -2.17. The molecule has 0 aromatic heterocycles. The van der Waals surface area contributed by atoms with Gasteiger partial charge in [-0.2, -0.15) is 0 Å². The van der Waals surface area contributed by atoms with Crippen molar-refractivity contribution in [2.45, 2.75) is 20.2 Å². The Morgan fingerprint density at radius 2 is 1.00 bits per heavy atom. The van der Waals surface area contributed by atoms with Crippen LogP contribution in [0.15, 0.2) is 136 Å². The van der Waals surface area contributed by atoms with E-state index in [1.54, 1.807) is 12.1 Å². The van der Waals surface area contributed by atoms with Gasteiger partial charge in [-0.3, -0.25) is 10.1 Å². The summed E-state index contributed by atoms with van der Waals surface area (Å²) in [7, 11) is 1.51. The molecule has 6 rings (SSSR count). The fraction of sp³-hybridized carbons (Fsp3) is 0.100. The van der Waals surface area contributed by atoms with Crippen molar-refractivity contribution in [2.75, 3.05) is 35.8 Å². The largest absolute Gasteiger partial charge is 0.573 e. The third kappa shape index (κ3) is 22.5. The van der Waals surface area contributed by atoms with Gasteiger partial charge in [0.25, 0.3) is 5.69 Å².